The maximum absolute atomic E-state index is 13.0. The summed E-state index contributed by atoms with van der Waals surface area (Å²) in [5.74, 6) is -1.16. The molecule has 0 aliphatic carbocycles. The van der Waals surface area contributed by atoms with Crippen molar-refractivity contribution in [3.8, 4) is 10.4 Å². The average molecular weight is 605 g/mol. The van der Waals surface area contributed by atoms with E-state index in [2.05, 4.69) is 16.0 Å². The topological polar surface area (TPSA) is 127 Å². The van der Waals surface area contributed by atoms with Crippen molar-refractivity contribution in [1.29, 1.82) is 0 Å². The lowest BCUT2D eigenvalue weighted by Gasteiger charge is -2.08. The zero-order valence-electron chi connectivity index (χ0n) is 24.9. The Bertz CT molecular complexity index is 1620. The van der Waals surface area contributed by atoms with Crippen molar-refractivity contribution in [1.82, 2.24) is 14.0 Å². The highest BCUT2D eigenvalue weighted by molar-refractivity contribution is 7.17. The summed E-state index contributed by atoms with van der Waals surface area (Å²) in [5.41, 5.74) is 3.23. The van der Waals surface area contributed by atoms with Crippen LogP contribution in [0.25, 0.3) is 10.4 Å². The van der Waals surface area contributed by atoms with E-state index >= 15 is 0 Å². The smallest absolute Gasteiger partial charge is 0.348 e. The molecule has 0 unspecified atom stereocenters. The number of ether oxygens (including phenoxy) is 1. The van der Waals surface area contributed by atoms with Gasteiger partial charge >= 0.3 is 5.97 Å². The number of nitrogens with one attached hydrogen (secondary N) is 3. The van der Waals surface area contributed by atoms with E-state index in [4.69, 9.17) is 4.74 Å². The molecule has 3 heterocycles. The Morgan fingerprint density at radius 3 is 1.98 bits per heavy atom. The van der Waals surface area contributed by atoms with E-state index in [0.29, 0.717) is 46.4 Å². The Morgan fingerprint density at radius 2 is 1.40 bits per heavy atom. The van der Waals surface area contributed by atoms with E-state index in [9.17, 15) is 19.2 Å². The van der Waals surface area contributed by atoms with E-state index in [0.717, 1.165) is 23.4 Å². The predicted molar refractivity (Wildman–Crippen MR) is 169 cm³/mol. The third kappa shape index (κ3) is 8.21. The molecule has 0 spiro atoms. The second-order valence-corrected chi connectivity index (χ2v) is 11.4. The number of benzene rings is 1. The van der Waals surface area contributed by atoms with Gasteiger partial charge in [0.05, 0.1) is 18.0 Å². The Kier molecular flexibility index (Phi) is 10.2. The van der Waals surface area contributed by atoms with Crippen LogP contribution in [-0.4, -0.2) is 65.0 Å². The van der Waals surface area contributed by atoms with Crippen LogP contribution in [0.4, 0.5) is 17.1 Å². The number of hydrogen-bond donors (Lipinski definition) is 3. The van der Waals surface area contributed by atoms with Gasteiger partial charge in [-0.25, -0.2) is 4.79 Å². The van der Waals surface area contributed by atoms with Crippen molar-refractivity contribution in [3.05, 3.63) is 77.2 Å². The fourth-order valence-corrected chi connectivity index (χ4v) is 5.31. The Balaban J connectivity index is 1.35. The quantitative estimate of drug-likeness (QED) is 0.194. The zero-order valence-corrected chi connectivity index (χ0v) is 25.7. The van der Waals surface area contributed by atoms with Gasteiger partial charge in [0.2, 0.25) is 5.91 Å². The molecule has 43 heavy (non-hydrogen) atoms. The molecule has 12 heteroatoms. The number of nitrogens with zero attached hydrogens (tertiary/aromatic N) is 3. The molecule has 3 N–H and O–H groups in total. The maximum atomic E-state index is 13.0. The van der Waals surface area contributed by atoms with Gasteiger partial charge in [0, 0.05) is 43.5 Å². The first-order valence-electron chi connectivity index (χ1n) is 13.8. The number of hydrogen-bond acceptors (Lipinski definition) is 7. The van der Waals surface area contributed by atoms with E-state index in [1.165, 1.54) is 11.3 Å². The standard InChI is InChI=1S/C31H36N6O5S/c1-6-42-31(41)27-14-13-26(43-27)20-9-11-21(12-10-20)33-29(39)25-17-23(19-37(25)5)34-30(40)24-16-22(18-36(24)4)32-28(38)8-7-15-35(2)3/h9-14,16-19H,6-8,15H2,1-5H3,(H,32,38)(H,33,39)(H,34,40). The normalized spacial score (nSPS) is 10.9. The minimum absolute atomic E-state index is 0.109. The van der Waals surface area contributed by atoms with Gasteiger partial charge in [0.1, 0.15) is 16.3 Å². The molecule has 0 saturated heterocycles. The molecule has 0 bridgehead atoms. The van der Waals surface area contributed by atoms with Gasteiger partial charge in [0.15, 0.2) is 0 Å². The Hall–Kier alpha value is -4.68. The van der Waals surface area contributed by atoms with E-state index < -0.39 is 0 Å². The van der Waals surface area contributed by atoms with Crippen LogP contribution in [0.15, 0.2) is 60.9 Å². The highest BCUT2D eigenvalue weighted by atomic mass is 32.1. The summed E-state index contributed by atoms with van der Waals surface area (Å²) in [6.07, 6.45) is 4.47. The number of thiophene rings is 1. The van der Waals surface area contributed by atoms with Crippen molar-refractivity contribution < 1.29 is 23.9 Å². The van der Waals surface area contributed by atoms with Crippen LogP contribution in [0.2, 0.25) is 0 Å². The van der Waals surface area contributed by atoms with Crippen LogP contribution in [0.3, 0.4) is 0 Å². The SMILES string of the molecule is CCOC(=O)c1ccc(-c2ccc(NC(=O)c3cc(NC(=O)c4cc(NC(=O)CCCN(C)C)cn4C)cn3C)cc2)s1. The van der Waals surface area contributed by atoms with Crippen LogP contribution >= 0.6 is 11.3 Å². The first kappa shape index (κ1) is 31.3. The number of amides is 3. The van der Waals surface area contributed by atoms with Gasteiger partial charge in [-0.1, -0.05) is 12.1 Å². The summed E-state index contributed by atoms with van der Waals surface area (Å²) in [7, 11) is 7.36. The van der Waals surface area contributed by atoms with Crippen molar-refractivity contribution >= 4 is 52.1 Å². The van der Waals surface area contributed by atoms with Crippen molar-refractivity contribution in [2.24, 2.45) is 14.1 Å². The van der Waals surface area contributed by atoms with Crippen LogP contribution in [-0.2, 0) is 23.6 Å². The second-order valence-electron chi connectivity index (χ2n) is 10.3. The highest BCUT2D eigenvalue weighted by Gasteiger charge is 2.18. The monoisotopic (exact) mass is 604 g/mol. The molecule has 0 saturated carbocycles. The van der Waals surface area contributed by atoms with E-state index in [-0.39, 0.29) is 23.7 Å². The Labute approximate surface area is 254 Å². The van der Waals surface area contributed by atoms with Gasteiger partial charge in [-0.2, -0.15) is 0 Å². The van der Waals surface area contributed by atoms with Crippen molar-refractivity contribution in [3.63, 3.8) is 0 Å². The molecule has 3 amide bonds. The Morgan fingerprint density at radius 1 is 0.814 bits per heavy atom. The average Bonchev–Trinajstić information content (AvgIpc) is 3.67. The number of esters is 1. The summed E-state index contributed by atoms with van der Waals surface area (Å²) in [5, 5.41) is 8.54. The summed E-state index contributed by atoms with van der Waals surface area (Å²) in [6, 6.07) is 14.1. The predicted octanol–water partition coefficient (Wildman–Crippen LogP) is 5.05. The maximum Gasteiger partial charge on any atom is 0.348 e. The molecule has 0 aliphatic heterocycles. The van der Waals surface area contributed by atoms with Crippen LogP contribution in [0.5, 0.6) is 0 Å². The molecule has 3 aromatic heterocycles. The van der Waals surface area contributed by atoms with E-state index in [1.807, 2.05) is 37.2 Å². The minimum atomic E-state index is -0.372. The van der Waals surface area contributed by atoms with Crippen molar-refractivity contribution in [2.45, 2.75) is 19.8 Å². The number of rotatable bonds is 12. The lowest BCUT2D eigenvalue weighted by atomic mass is 10.1. The largest absolute Gasteiger partial charge is 0.462 e. The summed E-state index contributed by atoms with van der Waals surface area (Å²) >= 11 is 1.35. The number of aromatic nitrogens is 2. The van der Waals surface area contributed by atoms with Gasteiger partial charge < -0.3 is 34.7 Å². The second kappa shape index (κ2) is 14.0. The number of anilines is 3. The molecule has 11 nitrogen and oxygen atoms in total. The number of aryl methyl sites for hydroxylation is 2. The molecule has 0 atom stereocenters. The van der Waals surface area contributed by atoms with Crippen LogP contribution in [0, 0.1) is 0 Å². The fraction of sp³-hybridized carbons (Fsp3) is 0.290. The third-order valence-corrected chi connectivity index (χ3v) is 7.65. The van der Waals surface area contributed by atoms with Gasteiger partial charge in [-0.15, -0.1) is 11.3 Å². The molecule has 0 fully saturated rings. The highest BCUT2D eigenvalue weighted by Crippen LogP contribution is 2.29. The first-order chi connectivity index (χ1) is 20.5. The lowest BCUT2D eigenvalue weighted by Crippen LogP contribution is -2.17. The molecular formula is C31H36N6O5S. The summed E-state index contributed by atoms with van der Waals surface area (Å²) in [4.78, 5) is 53.7. The van der Waals surface area contributed by atoms with Gasteiger partial charge in [-0.05, 0) is 75.9 Å². The zero-order chi connectivity index (χ0) is 31.1. The molecule has 226 valence electrons. The molecule has 4 rings (SSSR count). The summed E-state index contributed by atoms with van der Waals surface area (Å²) < 4.78 is 8.32. The molecule has 0 aliphatic rings. The van der Waals surface area contributed by atoms with Crippen LogP contribution in [0.1, 0.15) is 50.4 Å². The number of carbonyl (C=O) groups excluding carboxylic acids is 4. The molecular weight excluding hydrogens is 568 g/mol. The molecule has 0 radical (unpaired) electrons. The third-order valence-electron chi connectivity index (χ3n) is 6.54. The molecule has 4 aromatic rings. The molecule has 1 aromatic carbocycles. The van der Waals surface area contributed by atoms with Gasteiger partial charge in [-0.3, -0.25) is 14.4 Å². The lowest BCUT2D eigenvalue weighted by molar-refractivity contribution is -0.116. The van der Waals surface area contributed by atoms with Gasteiger partial charge in [0.25, 0.3) is 11.8 Å². The number of carbonyl (C=O) groups is 4. The fourth-order valence-electron chi connectivity index (χ4n) is 4.41. The van der Waals surface area contributed by atoms with Crippen LogP contribution < -0.4 is 16.0 Å². The van der Waals surface area contributed by atoms with E-state index in [1.54, 1.807) is 72.9 Å². The summed E-state index contributed by atoms with van der Waals surface area (Å²) in [6.45, 7) is 2.90. The first-order valence-corrected chi connectivity index (χ1v) is 14.6. The van der Waals surface area contributed by atoms with Crippen molar-refractivity contribution in [2.75, 3.05) is 43.2 Å². The minimum Gasteiger partial charge on any atom is -0.462 e.